The van der Waals surface area contributed by atoms with Gasteiger partial charge in [0.2, 0.25) is 5.91 Å². The van der Waals surface area contributed by atoms with E-state index in [0.29, 0.717) is 6.54 Å². The predicted molar refractivity (Wildman–Crippen MR) is 70.8 cm³/mol. The fraction of sp³-hybridized carbons (Fsp3) is 0.583. The van der Waals surface area contributed by atoms with Crippen LogP contribution in [-0.4, -0.2) is 42.1 Å². The molecule has 1 aromatic rings. The maximum Gasteiger partial charge on any atom is 0.242 e. The molecule has 1 fully saturated rings. The summed E-state index contributed by atoms with van der Waals surface area (Å²) < 4.78 is 0. The lowest BCUT2D eigenvalue weighted by Gasteiger charge is -2.34. The van der Waals surface area contributed by atoms with Crippen LogP contribution in [0.1, 0.15) is 19.7 Å². The van der Waals surface area contributed by atoms with Crippen molar-refractivity contribution < 1.29 is 4.79 Å². The molecule has 1 aliphatic heterocycles. The number of amides is 1. The topological polar surface area (TPSA) is 70.2 Å². The smallest absolute Gasteiger partial charge is 0.242 e. The number of anilines is 2. The molecule has 1 aromatic heterocycles. The van der Waals surface area contributed by atoms with Gasteiger partial charge >= 0.3 is 0 Å². The third kappa shape index (κ3) is 2.37. The standard InChI is InChI=1S/C12H19N5O/c1-4-9-15-10(13-3)7-11(16-9)17-6-5-14-12(18)8(17)2/h7-8H,4-6H2,1-3H3,(H,14,18)(H,13,15,16). The van der Waals surface area contributed by atoms with Crippen LogP contribution in [0.4, 0.5) is 11.6 Å². The molecule has 1 aliphatic rings. The maximum atomic E-state index is 11.7. The minimum Gasteiger partial charge on any atom is -0.373 e. The molecule has 1 saturated heterocycles. The van der Waals surface area contributed by atoms with E-state index in [-0.39, 0.29) is 11.9 Å². The minimum absolute atomic E-state index is 0.0453. The average Bonchev–Trinajstić information content (AvgIpc) is 2.41. The van der Waals surface area contributed by atoms with E-state index in [4.69, 9.17) is 0 Å². The van der Waals surface area contributed by atoms with Crippen LogP contribution in [0.3, 0.4) is 0 Å². The molecule has 0 spiro atoms. The van der Waals surface area contributed by atoms with Gasteiger partial charge in [0.15, 0.2) is 0 Å². The number of nitrogens with one attached hydrogen (secondary N) is 2. The quantitative estimate of drug-likeness (QED) is 0.811. The zero-order chi connectivity index (χ0) is 13.1. The molecule has 18 heavy (non-hydrogen) atoms. The summed E-state index contributed by atoms with van der Waals surface area (Å²) in [7, 11) is 1.83. The van der Waals surface area contributed by atoms with E-state index < -0.39 is 0 Å². The molecule has 2 N–H and O–H groups in total. The van der Waals surface area contributed by atoms with E-state index in [1.165, 1.54) is 0 Å². The molecule has 1 atom stereocenters. The fourth-order valence-corrected chi connectivity index (χ4v) is 2.01. The number of rotatable bonds is 3. The number of piperazine rings is 1. The summed E-state index contributed by atoms with van der Waals surface area (Å²) in [4.78, 5) is 22.6. The second-order valence-corrected chi connectivity index (χ2v) is 4.29. The second-order valence-electron chi connectivity index (χ2n) is 4.29. The van der Waals surface area contributed by atoms with Crippen molar-refractivity contribution in [3.05, 3.63) is 11.9 Å². The first-order valence-electron chi connectivity index (χ1n) is 6.25. The number of hydrogen-bond acceptors (Lipinski definition) is 5. The van der Waals surface area contributed by atoms with Gasteiger partial charge in [0.05, 0.1) is 0 Å². The zero-order valence-electron chi connectivity index (χ0n) is 11.0. The summed E-state index contributed by atoms with van der Waals surface area (Å²) in [6, 6.07) is 1.69. The Morgan fingerprint density at radius 3 is 3.00 bits per heavy atom. The lowest BCUT2D eigenvalue weighted by atomic mass is 10.2. The van der Waals surface area contributed by atoms with Crippen LogP contribution in [-0.2, 0) is 11.2 Å². The summed E-state index contributed by atoms with van der Waals surface area (Å²) in [6.07, 6.45) is 0.775. The molecule has 1 amide bonds. The van der Waals surface area contributed by atoms with Gasteiger partial charge < -0.3 is 15.5 Å². The van der Waals surface area contributed by atoms with E-state index in [1.54, 1.807) is 0 Å². The average molecular weight is 249 g/mol. The van der Waals surface area contributed by atoms with Crippen molar-refractivity contribution in [3.63, 3.8) is 0 Å². The molecule has 0 bridgehead atoms. The maximum absolute atomic E-state index is 11.7. The summed E-state index contributed by atoms with van der Waals surface area (Å²) >= 11 is 0. The van der Waals surface area contributed by atoms with Gasteiger partial charge in [-0.2, -0.15) is 0 Å². The normalized spacial score (nSPS) is 19.6. The van der Waals surface area contributed by atoms with E-state index in [1.807, 2.05) is 31.9 Å². The van der Waals surface area contributed by atoms with Crippen LogP contribution in [0, 0.1) is 0 Å². The predicted octanol–water partition coefficient (Wildman–Crippen LogP) is 0.405. The first-order chi connectivity index (χ1) is 8.65. The number of carbonyl (C=O) groups excluding carboxylic acids is 1. The van der Waals surface area contributed by atoms with E-state index in [2.05, 4.69) is 20.6 Å². The van der Waals surface area contributed by atoms with Crippen molar-refractivity contribution in [3.8, 4) is 0 Å². The van der Waals surface area contributed by atoms with Crippen LogP contribution in [0.5, 0.6) is 0 Å². The number of aromatic nitrogens is 2. The van der Waals surface area contributed by atoms with Gasteiger partial charge in [-0.3, -0.25) is 4.79 Å². The van der Waals surface area contributed by atoms with Crippen LogP contribution in [0.25, 0.3) is 0 Å². The van der Waals surface area contributed by atoms with Gasteiger partial charge in [-0.15, -0.1) is 0 Å². The van der Waals surface area contributed by atoms with E-state index in [0.717, 1.165) is 30.4 Å². The van der Waals surface area contributed by atoms with Gasteiger partial charge in [0.25, 0.3) is 0 Å². The van der Waals surface area contributed by atoms with Crippen LogP contribution < -0.4 is 15.5 Å². The molecule has 0 aliphatic carbocycles. The number of nitrogens with zero attached hydrogens (tertiary/aromatic N) is 3. The summed E-state index contributed by atoms with van der Waals surface area (Å²) in [6.45, 7) is 5.34. The Kier molecular flexibility index (Phi) is 3.64. The van der Waals surface area contributed by atoms with Crippen molar-refractivity contribution >= 4 is 17.5 Å². The number of hydrogen-bond donors (Lipinski definition) is 2. The molecule has 6 heteroatoms. The Morgan fingerprint density at radius 2 is 2.33 bits per heavy atom. The van der Waals surface area contributed by atoms with Crippen LogP contribution in [0.15, 0.2) is 6.07 Å². The van der Waals surface area contributed by atoms with Gasteiger partial charge in [-0.05, 0) is 6.92 Å². The van der Waals surface area contributed by atoms with Gasteiger partial charge in [0, 0.05) is 32.6 Å². The highest BCUT2D eigenvalue weighted by Crippen LogP contribution is 2.19. The SMILES string of the molecule is CCc1nc(NC)cc(N2CCNC(=O)C2C)n1. The highest BCUT2D eigenvalue weighted by atomic mass is 16.2. The lowest BCUT2D eigenvalue weighted by Crippen LogP contribution is -2.54. The molecule has 2 rings (SSSR count). The highest BCUT2D eigenvalue weighted by molar-refractivity contribution is 5.85. The van der Waals surface area contributed by atoms with Crippen molar-refractivity contribution in [2.24, 2.45) is 0 Å². The van der Waals surface area contributed by atoms with Crippen molar-refractivity contribution in [1.29, 1.82) is 0 Å². The first kappa shape index (κ1) is 12.6. The molecule has 0 aromatic carbocycles. The summed E-state index contributed by atoms with van der Waals surface area (Å²) in [5.41, 5.74) is 0. The number of carbonyl (C=O) groups is 1. The fourth-order valence-electron chi connectivity index (χ4n) is 2.01. The molecular formula is C12H19N5O. The van der Waals surface area contributed by atoms with E-state index in [9.17, 15) is 4.79 Å². The van der Waals surface area contributed by atoms with Gasteiger partial charge in [-0.1, -0.05) is 6.92 Å². The van der Waals surface area contributed by atoms with Crippen molar-refractivity contribution in [1.82, 2.24) is 15.3 Å². The van der Waals surface area contributed by atoms with E-state index >= 15 is 0 Å². The second kappa shape index (κ2) is 5.20. The summed E-state index contributed by atoms with van der Waals surface area (Å²) in [5, 5.41) is 5.88. The molecular weight excluding hydrogens is 230 g/mol. The van der Waals surface area contributed by atoms with Crippen molar-refractivity contribution in [2.45, 2.75) is 26.3 Å². The lowest BCUT2D eigenvalue weighted by molar-refractivity contribution is -0.122. The monoisotopic (exact) mass is 249 g/mol. The Hall–Kier alpha value is -1.85. The molecule has 1 unspecified atom stereocenters. The number of aryl methyl sites for hydroxylation is 1. The third-order valence-corrected chi connectivity index (χ3v) is 3.12. The molecule has 2 heterocycles. The third-order valence-electron chi connectivity index (χ3n) is 3.12. The minimum atomic E-state index is -0.192. The Morgan fingerprint density at radius 1 is 1.56 bits per heavy atom. The molecule has 98 valence electrons. The highest BCUT2D eigenvalue weighted by Gasteiger charge is 2.26. The largest absolute Gasteiger partial charge is 0.373 e. The van der Waals surface area contributed by atoms with Crippen LogP contribution in [0.2, 0.25) is 0 Å². The molecule has 0 saturated carbocycles. The van der Waals surface area contributed by atoms with Crippen molar-refractivity contribution in [2.75, 3.05) is 30.4 Å². The zero-order valence-corrected chi connectivity index (χ0v) is 11.0. The first-order valence-corrected chi connectivity index (χ1v) is 6.25. The van der Waals surface area contributed by atoms with Gasteiger partial charge in [-0.25, -0.2) is 9.97 Å². The van der Waals surface area contributed by atoms with Gasteiger partial charge in [0.1, 0.15) is 23.5 Å². The Balaban J connectivity index is 2.34. The van der Waals surface area contributed by atoms with Crippen LogP contribution >= 0.6 is 0 Å². The summed E-state index contributed by atoms with van der Waals surface area (Å²) in [5.74, 6) is 2.43. The Bertz CT molecular complexity index is 426. The Labute approximate surface area is 107 Å². The molecule has 0 radical (unpaired) electrons. The molecule has 6 nitrogen and oxygen atoms in total.